The molecule has 0 bridgehead atoms. The normalized spacial score (nSPS) is 23.1. The van der Waals surface area contributed by atoms with E-state index >= 15 is 0 Å². The van der Waals surface area contributed by atoms with Crippen molar-refractivity contribution < 1.29 is 18.6 Å². The molecular weight excluding hydrogens is 376 g/mol. The van der Waals surface area contributed by atoms with E-state index in [2.05, 4.69) is 22.2 Å². The first-order chi connectivity index (χ1) is 13.4. The van der Waals surface area contributed by atoms with Gasteiger partial charge in [-0.1, -0.05) is 19.1 Å². The molecule has 0 fully saturated rings. The molecule has 4 N–H and O–H groups in total. The molecule has 4 rings (SSSR count). The first-order valence-corrected chi connectivity index (χ1v) is 11.0. The number of nitrogens with one attached hydrogen (secondary N) is 2. The first-order valence-electron chi connectivity index (χ1n) is 9.49. The van der Waals surface area contributed by atoms with Crippen molar-refractivity contribution in [2.45, 2.75) is 36.6 Å². The predicted molar refractivity (Wildman–Crippen MR) is 108 cm³/mol. The highest BCUT2D eigenvalue weighted by molar-refractivity contribution is 7.89. The Morgan fingerprint density at radius 3 is 2.71 bits per heavy atom. The predicted octanol–water partition coefficient (Wildman–Crippen LogP) is 3.61. The van der Waals surface area contributed by atoms with E-state index in [0.29, 0.717) is 6.54 Å². The quantitative estimate of drug-likeness (QED) is 0.575. The third-order valence-electron chi connectivity index (χ3n) is 5.54. The fourth-order valence-corrected chi connectivity index (χ4v) is 5.33. The van der Waals surface area contributed by atoms with Crippen molar-refractivity contribution in [2.24, 2.45) is 5.92 Å². The van der Waals surface area contributed by atoms with Crippen LogP contribution in [0.2, 0.25) is 0 Å². The standard InChI is InChI=1S/C21H24N2O4S/c1-2-10-22-28(26,27)14-7-9-19-18(12-14)15-4-3-5-16(15)21(23-19)17-8-6-13(24)11-20(17)25/h3-4,6-9,11-12,15-16,21-25H,2,5,10H2,1H3. The Labute approximate surface area is 165 Å². The average Bonchev–Trinajstić information content (AvgIpc) is 3.16. The van der Waals surface area contributed by atoms with Gasteiger partial charge in [-0.3, -0.25) is 0 Å². The van der Waals surface area contributed by atoms with Crippen LogP contribution in [0.5, 0.6) is 11.5 Å². The van der Waals surface area contributed by atoms with Gasteiger partial charge in [0.2, 0.25) is 10.0 Å². The van der Waals surface area contributed by atoms with Crippen LogP contribution in [0.15, 0.2) is 53.4 Å². The molecule has 1 aliphatic heterocycles. The fourth-order valence-electron chi connectivity index (χ4n) is 4.16. The van der Waals surface area contributed by atoms with Crippen molar-refractivity contribution in [1.29, 1.82) is 0 Å². The van der Waals surface area contributed by atoms with Crippen LogP contribution in [-0.4, -0.2) is 25.2 Å². The molecule has 0 aromatic heterocycles. The van der Waals surface area contributed by atoms with Gasteiger partial charge in [0.1, 0.15) is 11.5 Å². The van der Waals surface area contributed by atoms with Crippen LogP contribution in [0.1, 0.15) is 42.9 Å². The topological polar surface area (TPSA) is 98.7 Å². The Bertz CT molecular complexity index is 1030. The summed E-state index contributed by atoms with van der Waals surface area (Å²) in [6.45, 7) is 2.33. The summed E-state index contributed by atoms with van der Waals surface area (Å²) in [5, 5.41) is 23.4. The minimum absolute atomic E-state index is 0.0213. The van der Waals surface area contributed by atoms with Crippen LogP contribution < -0.4 is 10.0 Å². The van der Waals surface area contributed by atoms with Gasteiger partial charge < -0.3 is 15.5 Å². The van der Waals surface area contributed by atoms with E-state index in [-0.39, 0.29) is 34.3 Å². The molecule has 2 aromatic carbocycles. The first kappa shape index (κ1) is 18.8. The zero-order valence-electron chi connectivity index (χ0n) is 15.6. The lowest BCUT2D eigenvalue weighted by atomic mass is 9.77. The number of fused-ring (bicyclic) bond motifs is 3. The second kappa shape index (κ2) is 7.14. The maximum absolute atomic E-state index is 12.5. The van der Waals surface area contributed by atoms with Gasteiger partial charge in [0.15, 0.2) is 0 Å². The van der Waals surface area contributed by atoms with Crippen LogP contribution in [0.3, 0.4) is 0 Å². The number of hydrogen-bond donors (Lipinski definition) is 4. The van der Waals surface area contributed by atoms with Crippen LogP contribution in [0.4, 0.5) is 5.69 Å². The maximum Gasteiger partial charge on any atom is 0.240 e. The van der Waals surface area contributed by atoms with E-state index in [0.717, 1.165) is 29.7 Å². The Balaban J connectivity index is 1.73. The van der Waals surface area contributed by atoms with E-state index < -0.39 is 10.0 Å². The number of hydrogen-bond acceptors (Lipinski definition) is 5. The van der Waals surface area contributed by atoms with Crippen LogP contribution in [0, 0.1) is 5.92 Å². The third kappa shape index (κ3) is 3.25. The molecule has 7 heteroatoms. The van der Waals surface area contributed by atoms with Gasteiger partial charge in [0.25, 0.3) is 0 Å². The number of sulfonamides is 1. The summed E-state index contributed by atoms with van der Waals surface area (Å²) in [4.78, 5) is 0.270. The molecule has 0 spiro atoms. The number of phenolic OH excluding ortho intramolecular Hbond substituents is 2. The molecule has 2 aliphatic rings. The van der Waals surface area contributed by atoms with Crippen molar-refractivity contribution in [3.8, 4) is 11.5 Å². The largest absolute Gasteiger partial charge is 0.508 e. The van der Waals surface area contributed by atoms with Crippen molar-refractivity contribution in [1.82, 2.24) is 4.72 Å². The van der Waals surface area contributed by atoms with Crippen LogP contribution in [-0.2, 0) is 10.0 Å². The Morgan fingerprint density at radius 1 is 1.14 bits per heavy atom. The number of phenols is 2. The Morgan fingerprint density at radius 2 is 1.96 bits per heavy atom. The lowest BCUT2D eigenvalue weighted by Crippen LogP contribution is -2.30. The summed E-state index contributed by atoms with van der Waals surface area (Å²) >= 11 is 0. The fraction of sp³-hybridized carbons (Fsp3) is 0.333. The second-order valence-electron chi connectivity index (χ2n) is 7.37. The molecule has 148 valence electrons. The van der Waals surface area contributed by atoms with E-state index in [9.17, 15) is 18.6 Å². The zero-order chi connectivity index (χ0) is 19.9. The number of allylic oxidation sites excluding steroid dienone is 2. The molecule has 1 heterocycles. The second-order valence-corrected chi connectivity index (χ2v) is 9.13. The van der Waals surface area contributed by atoms with E-state index in [1.54, 1.807) is 30.3 Å². The number of anilines is 1. The molecule has 0 saturated carbocycles. The molecule has 0 amide bonds. The lowest BCUT2D eigenvalue weighted by molar-refractivity contribution is 0.398. The average molecular weight is 401 g/mol. The summed E-state index contributed by atoms with van der Waals surface area (Å²) in [7, 11) is -3.53. The molecule has 0 radical (unpaired) electrons. The van der Waals surface area contributed by atoms with Gasteiger partial charge in [0, 0.05) is 29.8 Å². The molecular formula is C21H24N2O4S. The molecule has 0 saturated heterocycles. The number of rotatable bonds is 5. The highest BCUT2D eigenvalue weighted by Gasteiger charge is 2.39. The molecule has 6 nitrogen and oxygen atoms in total. The van der Waals surface area contributed by atoms with Gasteiger partial charge in [-0.25, -0.2) is 13.1 Å². The summed E-state index contributed by atoms with van der Waals surface area (Å²) < 4.78 is 27.7. The van der Waals surface area contributed by atoms with Gasteiger partial charge in [-0.15, -0.1) is 0 Å². The van der Waals surface area contributed by atoms with Gasteiger partial charge in [-0.2, -0.15) is 0 Å². The minimum atomic E-state index is -3.53. The Hall–Kier alpha value is -2.51. The molecule has 1 aliphatic carbocycles. The third-order valence-corrected chi connectivity index (χ3v) is 6.99. The number of benzene rings is 2. The summed E-state index contributed by atoms with van der Waals surface area (Å²) in [6.07, 6.45) is 5.78. The number of aromatic hydroxyl groups is 2. The van der Waals surface area contributed by atoms with E-state index in [4.69, 9.17) is 0 Å². The lowest BCUT2D eigenvalue weighted by Gasteiger charge is -2.38. The van der Waals surface area contributed by atoms with Gasteiger partial charge in [0.05, 0.1) is 10.9 Å². The highest BCUT2D eigenvalue weighted by atomic mass is 32.2. The summed E-state index contributed by atoms with van der Waals surface area (Å²) in [6, 6.07) is 9.67. The SMILES string of the molecule is CCCNS(=O)(=O)c1ccc2c(c1)C1C=CCC1C(c1ccc(O)cc1O)N2. The minimum Gasteiger partial charge on any atom is -0.508 e. The summed E-state index contributed by atoms with van der Waals surface area (Å²) in [5.74, 6) is 0.294. The van der Waals surface area contributed by atoms with E-state index in [1.165, 1.54) is 6.07 Å². The smallest absolute Gasteiger partial charge is 0.240 e. The summed E-state index contributed by atoms with van der Waals surface area (Å²) in [5.41, 5.74) is 2.54. The van der Waals surface area contributed by atoms with Crippen molar-refractivity contribution in [3.05, 3.63) is 59.7 Å². The monoisotopic (exact) mass is 400 g/mol. The molecule has 2 aromatic rings. The van der Waals surface area contributed by atoms with E-state index in [1.807, 2.05) is 6.92 Å². The zero-order valence-corrected chi connectivity index (χ0v) is 16.4. The Kier molecular flexibility index (Phi) is 4.81. The van der Waals surface area contributed by atoms with Gasteiger partial charge in [-0.05, 0) is 54.7 Å². The highest BCUT2D eigenvalue weighted by Crippen LogP contribution is 2.51. The molecule has 3 unspecified atom stereocenters. The maximum atomic E-state index is 12.5. The van der Waals surface area contributed by atoms with Crippen LogP contribution in [0.25, 0.3) is 0 Å². The van der Waals surface area contributed by atoms with Crippen molar-refractivity contribution in [2.75, 3.05) is 11.9 Å². The molecule has 3 atom stereocenters. The van der Waals surface area contributed by atoms with Crippen molar-refractivity contribution >= 4 is 15.7 Å². The molecule has 28 heavy (non-hydrogen) atoms. The van der Waals surface area contributed by atoms with Gasteiger partial charge >= 0.3 is 0 Å². The van der Waals surface area contributed by atoms with Crippen molar-refractivity contribution in [3.63, 3.8) is 0 Å². The van der Waals surface area contributed by atoms with Crippen LogP contribution >= 0.6 is 0 Å².